The third-order valence-corrected chi connectivity index (χ3v) is 3.94. The lowest BCUT2D eigenvalue weighted by molar-refractivity contribution is 0.0639. The summed E-state index contributed by atoms with van der Waals surface area (Å²) in [7, 11) is 0. The van der Waals surface area contributed by atoms with Gasteiger partial charge in [0.15, 0.2) is 0 Å². The molecule has 1 aliphatic rings. The standard InChI is InChI=1S/C14H18N6O3/c21-13(10-1-2-11-12(9-10)17-18-16-11)20-7-5-19(6-8-20)4-3-15-14(22)23/h1-2,9,15H,3-8H2,(H,22,23)(H,16,17,18). The minimum Gasteiger partial charge on any atom is -0.465 e. The molecule has 0 spiro atoms. The SMILES string of the molecule is O=C(O)NCCN1CCN(C(=O)c2ccc3[nH]nnc3c2)CC1. The van der Waals surface area contributed by atoms with Crippen LogP contribution in [0.1, 0.15) is 10.4 Å². The maximum Gasteiger partial charge on any atom is 0.404 e. The van der Waals surface area contributed by atoms with Crippen LogP contribution in [0, 0.1) is 0 Å². The normalized spacial score (nSPS) is 15.7. The fourth-order valence-corrected chi connectivity index (χ4v) is 2.65. The number of benzene rings is 1. The summed E-state index contributed by atoms with van der Waals surface area (Å²) in [4.78, 5) is 26.9. The molecule has 9 heteroatoms. The van der Waals surface area contributed by atoms with Crippen molar-refractivity contribution in [3.8, 4) is 0 Å². The Morgan fingerprint density at radius 3 is 2.78 bits per heavy atom. The second kappa shape index (κ2) is 6.61. The van der Waals surface area contributed by atoms with Crippen molar-refractivity contribution in [2.45, 2.75) is 0 Å². The molecule has 0 atom stereocenters. The molecule has 23 heavy (non-hydrogen) atoms. The number of carboxylic acid groups (broad SMARTS) is 1. The second-order valence-electron chi connectivity index (χ2n) is 5.41. The zero-order valence-electron chi connectivity index (χ0n) is 12.5. The highest BCUT2D eigenvalue weighted by Gasteiger charge is 2.22. The van der Waals surface area contributed by atoms with Crippen molar-refractivity contribution in [2.24, 2.45) is 0 Å². The van der Waals surface area contributed by atoms with E-state index >= 15 is 0 Å². The van der Waals surface area contributed by atoms with Gasteiger partial charge in [0.25, 0.3) is 5.91 Å². The number of nitrogens with one attached hydrogen (secondary N) is 2. The van der Waals surface area contributed by atoms with Crippen LogP contribution in [0.3, 0.4) is 0 Å². The number of nitrogens with zero attached hydrogens (tertiary/aromatic N) is 4. The number of amides is 2. The molecular weight excluding hydrogens is 300 g/mol. The molecule has 0 radical (unpaired) electrons. The molecule has 122 valence electrons. The van der Waals surface area contributed by atoms with E-state index in [0.717, 1.165) is 18.6 Å². The van der Waals surface area contributed by atoms with Gasteiger partial charge in [-0.05, 0) is 18.2 Å². The van der Waals surface area contributed by atoms with Gasteiger partial charge >= 0.3 is 6.09 Å². The first-order valence-corrected chi connectivity index (χ1v) is 7.43. The molecule has 1 aromatic heterocycles. The van der Waals surface area contributed by atoms with Crippen LogP contribution in [-0.2, 0) is 0 Å². The van der Waals surface area contributed by atoms with E-state index in [4.69, 9.17) is 5.11 Å². The molecule has 0 aliphatic carbocycles. The van der Waals surface area contributed by atoms with E-state index in [9.17, 15) is 9.59 Å². The van der Waals surface area contributed by atoms with Gasteiger partial charge in [0, 0.05) is 44.8 Å². The summed E-state index contributed by atoms with van der Waals surface area (Å²) in [5, 5.41) is 21.3. The Hall–Kier alpha value is -2.68. The van der Waals surface area contributed by atoms with Crippen LogP contribution < -0.4 is 5.32 Å². The largest absolute Gasteiger partial charge is 0.465 e. The summed E-state index contributed by atoms with van der Waals surface area (Å²) >= 11 is 0. The zero-order chi connectivity index (χ0) is 16.2. The monoisotopic (exact) mass is 318 g/mol. The highest BCUT2D eigenvalue weighted by atomic mass is 16.4. The molecule has 2 aromatic rings. The Morgan fingerprint density at radius 1 is 1.26 bits per heavy atom. The number of fused-ring (bicyclic) bond motifs is 1. The maximum atomic E-state index is 12.5. The summed E-state index contributed by atoms with van der Waals surface area (Å²) in [5.41, 5.74) is 2.08. The predicted molar refractivity (Wildman–Crippen MR) is 82.3 cm³/mol. The van der Waals surface area contributed by atoms with Crippen molar-refractivity contribution >= 4 is 23.0 Å². The van der Waals surface area contributed by atoms with E-state index in [-0.39, 0.29) is 5.91 Å². The first kappa shape index (κ1) is 15.2. The fourth-order valence-electron chi connectivity index (χ4n) is 2.65. The van der Waals surface area contributed by atoms with Crippen molar-refractivity contribution in [1.29, 1.82) is 0 Å². The summed E-state index contributed by atoms with van der Waals surface area (Å²) in [5.74, 6) is -0.0155. The van der Waals surface area contributed by atoms with Gasteiger partial charge < -0.3 is 15.3 Å². The number of piperazine rings is 1. The van der Waals surface area contributed by atoms with Gasteiger partial charge in [-0.1, -0.05) is 5.21 Å². The number of H-pyrrole nitrogens is 1. The molecule has 0 unspecified atom stereocenters. The van der Waals surface area contributed by atoms with Gasteiger partial charge in [-0.3, -0.25) is 14.8 Å². The highest BCUT2D eigenvalue weighted by Crippen LogP contribution is 2.14. The Morgan fingerprint density at radius 2 is 2.04 bits per heavy atom. The van der Waals surface area contributed by atoms with E-state index in [0.29, 0.717) is 37.3 Å². The lowest BCUT2D eigenvalue weighted by Gasteiger charge is -2.34. The third kappa shape index (κ3) is 3.57. The number of carbonyl (C=O) groups excluding carboxylic acids is 1. The molecule has 9 nitrogen and oxygen atoms in total. The lowest BCUT2D eigenvalue weighted by atomic mass is 10.1. The molecule has 1 aliphatic heterocycles. The van der Waals surface area contributed by atoms with Crippen molar-refractivity contribution in [3.63, 3.8) is 0 Å². The van der Waals surface area contributed by atoms with E-state index in [1.807, 2.05) is 4.90 Å². The summed E-state index contributed by atoms with van der Waals surface area (Å²) in [6.45, 7) is 3.77. The van der Waals surface area contributed by atoms with Crippen molar-refractivity contribution in [1.82, 2.24) is 30.5 Å². The number of carbonyl (C=O) groups is 2. The predicted octanol–water partition coefficient (Wildman–Crippen LogP) is -0.0167. The summed E-state index contributed by atoms with van der Waals surface area (Å²) < 4.78 is 0. The fraction of sp³-hybridized carbons (Fsp3) is 0.429. The number of aromatic amines is 1. The Labute approximate surface area is 132 Å². The molecule has 1 aromatic carbocycles. The van der Waals surface area contributed by atoms with Crippen LogP contribution >= 0.6 is 0 Å². The van der Waals surface area contributed by atoms with Gasteiger partial charge in [-0.25, -0.2) is 4.79 Å². The molecule has 3 rings (SSSR count). The Kier molecular flexibility index (Phi) is 4.38. The molecule has 3 N–H and O–H groups in total. The van der Waals surface area contributed by atoms with Crippen LogP contribution in [0.2, 0.25) is 0 Å². The maximum absolute atomic E-state index is 12.5. The van der Waals surface area contributed by atoms with Crippen molar-refractivity contribution < 1.29 is 14.7 Å². The van der Waals surface area contributed by atoms with Crippen LogP contribution in [0.25, 0.3) is 11.0 Å². The molecule has 1 fully saturated rings. The van der Waals surface area contributed by atoms with Crippen LogP contribution in [0.4, 0.5) is 4.79 Å². The summed E-state index contributed by atoms with van der Waals surface area (Å²) in [6.07, 6.45) is -1.01. The third-order valence-electron chi connectivity index (χ3n) is 3.94. The van der Waals surface area contributed by atoms with Gasteiger partial charge in [-0.2, -0.15) is 0 Å². The van der Waals surface area contributed by atoms with Crippen LogP contribution in [0.5, 0.6) is 0 Å². The molecule has 1 saturated heterocycles. The second-order valence-corrected chi connectivity index (χ2v) is 5.41. The van der Waals surface area contributed by atoms with Gasteiger partial charge in [-0.15, -0.1) is 5.10 Å². The molecule has 0 saturated carbocycles. The molecule has 0 bridgehead atoms. The summed E-state index contributed by atoms with van der Waals surface area (Å²) in [6, 6.07) is 5.31. The molecule has 2 amide bonds. The Bertz CT molecular complexity index is 707. The van der Waals surface area contributed by atoms with E-state index in [1.54, 1.807) is 18.2 Å². The quantitative estimate of drug-likeness (QED) is 0.730. The molecular formula is C14H18N6O3. The average molecular weight is 318 g/mol. The van der Waals surface area contributed by atoms with Gasteiger partial charge in [0.05, 0.1) is 5.52 Å². The van der Waals surface area contributed by atoms with Gasteiger partial charge in [0.1, 0.15) is 5.52 Å². The minimum atomic E-state index is -1.01. The topological polar surface area (TPSA) is 114 Å². The van der Waals surface area contributed by atoms with E-state index in [1.165, 1.54) is 0 Å². The number of rotatable bonds is 4. The first-order chi connectivity index (χ1) is 11.1. The highest BCUT2D eigenvalue weighted by molar-refractivity contribution is 5.97. The van der Waals surface area contributed by atoms with Crippen LogP contribution in [0.15, 0.2) is 18.2 Å². The lowest BCUT2D eigenvalue weighted by Crippen LogP contribution is -2.50. The Balaban J connectivity index is 1.54. The van der Waals surface area contributed by atoms with Crippen molar-refractivity contribution in [2.75, 3.05) is 39.3 Å². The number of hydrogen-bond donors (Lipinski definition) is 3. The smallest absolute Gasteiger partial charge is 0.404 e. The van der Waals surface area contributed by atoms with Gasteiger partial charge in [0.2, 0.25) is 0 Å². The van der Waals surface area contributed by atoms with Crippen LogP contribution in [-0.4, -0.2) is 81.6 Å². The van der Waals surface area contributed by atoms with Crippen molar-refractivity contribution in [3.05, 3.63) is 23.8 Å². The number of aromatic nitrogens is 3. The minimum absolute atomic E-state index is 0.0155. The number of hydrogen-bond acceptors (Lipinski definition) is 5. The molecule has 2 heterocycles. The zero-order valence-corrected chi connectivity index (χ0v) is 12.5. The van der Waals surface area contributed by atoms with E-state index < -0.39 is 6.09 Å². The first-order valence-electron chi connectivity index (χ1n) is 7.43. The average Bonchev–Trinajstić information content (AvgIpc) is 3.02. The van der Waals surface area contributed by atoms with E-state index in [2.05, 4.69) is 25.6 Å².